The molecule has 0 aromatic carbocycles. The molecule has 1 saturated heterocycles. The Bertz CT molecular complexity index is 261. The second kappa shape index (κ2) is 6.55. The first-order chi connectivity index (χ1) is 7.25. The predicted octanol–water partition coefficient (Wildman–Crippen LogP) is 1.09. The summed E-state index contributed by atoms with van der Waals surface area (Å²) in [6, 6.07) is -0.506. The van der Waals surface area contributed by atoms with E-state index in [4.69, 9.17) is 10.6 Å². The Balaban J connectivity index is 2.36. The Kier molecular flexibility index (Phi) is 5.31. The van der Waals surface area contributed by atoms with Crippen molar-refractivity contribution in [3.8, 4) is 0 Å². The van der Waals surface area contributed by atoms with E-state index in [0.717, 1.165) is 17.9 Å². The van der Waals surface area contributed by atoms with Gasteiger partial charge in [0.15, 0.2) is 0 Å². The minimum Gasteiger partial charge on any atom is -0.480 e. The Morgan fingerprint density at radius 1 is 1.80 bits per heavy atom. The number of azide groups is 1. The molecule has 0 aromatic heterocycles. The number of hydrogen-bond donors (Lipinski definition) is 2. The summed E-state index contributed by atoms with van der Waals surface area (Å²) in [5, 5.41) is 15.3. The number of rotatable bonds is 6. The van der Waals surface area contributed by atoms with Crippen molar-refractivity contribution in [1.29, 1.82) is 0 Å². The van der Waals surface area contributed by atoms with Gasteiger partial charge in [0, 0.05) is 18.0 Å². The Hall–Kier alpha value is -0.910. The molecule has 15 heavy (non-hydrogen) atoms. The molecule has 0 aromatic rings. The molecule has 7 heteroatoms. The fourth-order valence-corrected chi connectivity index (χ4v) is 2.88. The molecule has 1 heterocycles. The summed E-state index contributed by atoms with van der Waals surface area (Å²) in [7, 11) is 0. The normalized spacial score (nSPS) is 22.0. The van der Waals surface area contributed by atoms with E-state index in [1.807, 2.05) is 0 Å². The van der Waals surface area contributed by atoms with Crippen molar-refractivity contribution in [3.05, 3.63) is 10.4 Å². The van der Waals surface area contributed by atoms with Crippen LogP contribution in [0.2, 0.25) is 0 Å². The fourth-order valence-electron chi connectivity index (χ4n) is 1.59. The molecule has 0 bridgehead atoms. The van der Waals surface area contributed by atoms with Crippen molar-refractivity contribution in [2.45, 2.75) is 12.5 Å². The summed E-state index contributed by atoms with van der Waals surface area (Å²) in [5.74, 6) is 1.31. The predicted molar refractivity (Wildman–Crippen MR) is 58.9 cm³/mol. The van der Waals surface area contributed by atoms with E-state index >= 15 is 0 Å². The van der Waals surface area contributed by atoms with Crippen LogP contribution < -0.4 is 5.32 Å². The first kappa shape index (κ1) is 12.2. The first-order valence-electron chi connectivity index (χ1n) is 4.80. The molecule has 1 aliphatic heterocycles. The van der Waals surface area contributed by atoms with Gasteiger partial charge < -0.3 is 10.4 Å². The number of carboxylic acids is 1. The number of aliphatic carboxylic acids is 1. The monoisotopic (exact) mass is 230 g/mol. The maximum absolute atomic E-state index is 11.0. The molecular formula is C8H14N4O2S. The van der Waals surface area contributed by atoms with Gasteiger partial charge in [0.2, 0.25) is 0 Å². The smallest absolute Gasteiger partial charge is 0.321 e. The van der Waals surface area contributed by atoms with Gasteiger partial charge in [-0.25, -0.2) is 0 Å². The molecular weight excluding hydrogens is 216 g/mol. The zero-order valence-corrected chi connectivity index (χ0v) is 9.11. The van der Waals surface area contributed by atoms with Crippen molar-refractivity contribution < 1.29 is 9.90 Å². The summed E-state index contributed by atoms with van der Waals surface area (Å²) < 4.78 is 0. The van der Waals surface area contributed by atoms with Crippen LogP contribution >= 0.6 is 11.8 Å². The largest absolute Gasteiger partial charge is 0.480 e. The topological polar surface area (TPSA) is 98.1 Å². The molecule has 0 spiro atoms. The van der Waals surface area contributed by atoms with Crippen LogP contribution in [0.15, 0.2) is 5.11 Å². The zero-order valence-electron chi connectivity index (χ0n) is 8.30. The van der Waals surface area contributed by atoms with E-state index < -0.39 is 12.0 Å². The average Bonchev–Trinajstić information content (AvgIpc) is 2.70. The van der Waals surface area contributed by atoms with Gasteiger partial charge in [0.25, 0.3) is 0 Å². The number of carbonyl (C=O) groups is 1. The lowest BCUT2D eigenvalue weighted by Crippen LogP contribution is -2.44. The molecule has 0 saturated carbocycles. The maximum Gasteiger partial charge on any atom is 0.321 e. The number of hydrogen-bond acceptors (Lipinski definition) is 4. The van der Waals surface area contributed by atoms with Crippen LogP contribution in [-0.2, 0) is 4.79 Å². The van der Waals surface area contributed by atoms with Crippen LogP contribution in [-0.4, -0.2) is 41.7 Å². The summed E-state index contributed by atoms with van der Waals surface area (Å²) in [5.41, 5.74) is 8.06. The van der Waals surface area contributed by atoms with Crippen LogP contribution in [0.3, 0.4) is 0 Å². The second-order valence-corrected chi connectivity index (χ2v) is 4.50. The van der Waals surface area contributed by atoms with Crippen LogP contribution in [0, 0.1) is 5.92 Å². The maximum atomic E-state index is 11.0. The van der Waals surface area contributed by atoms with Crippen molar-refractivity contribution in [2.24, 2.45) is 11.0 Å². The standard InChI is InChI=1S/C8H14N4O2S/c9-12-11-3-2-10-7(8(13)14)6-1-4-15-5-6/h6-7,10H,1-5H2,(H,13,14). The van der Waals surface area contributed by atoms with E-state index in [9.17, 15) is 4.79 Å². The van der Waals surface area contributed by atoms with E-state index in [1.165, 1.54) is 0 Å². The molecule has 0 radical (unpaired) electrons. The minimum absolute atomic E-state index is 0.193. The summed E-state index contributed by atoms with van der Waals surface area (Å²) in [6.45, 7) is 0.711. The Labute approximate surface area is 92.1 Å². The van der Waals surface area contributed by atoms with Crippen LogP contribution in [0.4, 0.5) is 0 Å². The van der Waals surface area contributed by atoms with Crippen LogP contribution in [0.1, 0.15) is 6.42 Å². The molecule has 1 aliphatic rings. The number of thioether (sulfide) groups is 1. The molecule has 2 N–H and O–H groups in total. The lowest BCUT2D eigenvalue weighted by molar-refractivity contribution is -0.140. The van der Waals surface area contributed by atoms with Crippen molar-refractivity contribution >= 4 is 17.7 Å². The third kappa shape index (κ3) is 3.99. The van der Waals surface area contributed by atoms with E-state index in [1.54, 1.807) is 11.8 Å². The van der Waals surface area contributed by atoms with Crippen molar-refractivity contribution in [2.75, 3.05) is 24.6 Å². The van der Waals surface area contributed by atoms with Crippen molar-refractivity contribution in [1.82, 2.24) is 5.32 Å². The SMILES string of the molecule is [N-]=[N+]=NCCNC(C(=O)O)C1CCSC1. The number of nitrogens with one attached hydrogen (secondary N) is 1. The molecule has 84 valence electrons. The van der Waals surface area contributed by atoms with Gasteiger partial charge in [0.1, 0.15) is 6.04 Å². The van der Waals surface area contributed by atoms with E-state index in [-0.39, 0.29) is 5.92 Å². The molecule has 1 rings (SSSR count). The third-order valence-corrected chi connectivity index (χ3v) is 3.53. The van der Waals surface area contributed by atoms with Gasteiger partial charge in [-0.2, -0.15) is 11.8 Å². The highest BCUT2D eigenvalue weighted by atomic mass is 32.2. The van der Waals surface area contributed by atoms with E-state index in [0.29, 0.717) is 13.1 Å². The van der Waals surface area contributed by atoms with Gasteiger partial charge in [-0.1, -0.05) is 5.11 Å². The van der Waals surface area contributed by atoms with Gasteiger partial charge in [-0.05, 0) is 29.4 Å². The summed E-state index contributed by atoms with van der Waals surface area (Å²) in [4.78, 5) is 13.6. The summed E-state index contributed by atoms with van der Waals surface area (Å²) in [6.07, 6.45) is 0.941. The lowest BCUT2D eigenvalue weighted by atomic mass is 9.99. The lowest BCUT2D eigenvalue weighted by Gasteiger charge is -2.19. The van der Waals surface area contributed by atoms with Gasteiger partial charge in [-0.15, -0.1) is 0 Å². The number of carboxylic acid groups (broad SMARTS) is 1. The second-order valence-electron chi connectivity index (χ2n) is 3.35. The zero-order chi connectivity index (χ0) is 11.1. The highest BCUT2D eigenvalue weighted by molar-refractivity contribution is 7.99. The average molecular weight is 230 g/mol. The summed E-state index contributed by atoms with van der Waals surface area (Å²) >= 11 is 1.79. The van der Waals surface area contributed by atoms with Crippen molar-refractivity contribution in [3.63, 3.8) is 0 Å². The number of nitrogens with zero attached hydrogens (tertiary/aromatic N) is 3. The Morgan fingerprint density at radius 3 is 3.13 bits per heavy atom. The van der Waals surface area contributed by atoms with E-state index in [2.05, 4.69) is 15.3 Å². The quantitative estimate of drug-likeness (QED) is 0.309. The molecule has 0 aliphatic carbocycles. The third-order valence-electron chi connectivity index (χ3n) is 2.34. The molecule has 6 nitrogen and oxygen atoms in total. The molecule has 1 fully saturated rings. The highest BCUT2D eigenvalue weighted by Crippen LogP contribution is 2.26. The highest BCUT2D eigenvalue weighted by Gasteiger charge is 2.30. The van der Waals surface area contributed by atoms with Crippen LogP contribution in [0.25, 0.3) is 10.4 Å². The molecule has 0 amide bonds. The minimum atomic E-state index is -0.816. The van der Waals surface area contributed by atoms with Crippen LogP contribution in [0.5, 0.6) is 0 Å². The van der Waals surface area contributed by atoms with Gasteiger partial charge in [0.05, 0.1) is 0 Å². The van der Waals surface area contributed by atoms with Gasteiger partial charge in [-0.3, -0.25) is 4.79 Å². The first-order valence-corrected chi connectivity index (χ1v) is 5.96. The molecule has 2 unspecified atom stereocenters. The van der Waals surface area contributed by atoms with Gasteiger partial charge >= 0.3 is 5.97 Å². The molecule has 2 atom stereocenters. The fraction of sp³-hybridized carbons (Fsp3) is 0.875. The Morgan fingerprint density at radius 2 is 2.60 bits per heavy atom.